The van der Waals surface area contributed by atoms with Crippen molar-refractivity contribution in [3.8, 4) is 0 Å². The van der Waals surface area contributed by atoms with Gasteiger partial charge in [-0.25, -0.2) is 18.0 Å². The molecule has 0 aromatic heterocycles. The number of carboxylic acid groups (broad SMARTS) is 1. The van der Waals surface area contributed by atoms with E-state index in [1.54, 1.807) is 0 Å². The summed E-state index contributed by atoms with van der Waals surface area (Å²) in [5, 5.41) is 8.25. The van der Waals surface area contributed by atoms with Gasteiger partial charge in [-0.3, -0.25) is 0 Å². The summed E-state index contributed by atoms with van der Waals surface area (Å²) in [7, 11) is 0. The van der Waals surface area contributed by atoms with E-state index in [2.05, 4.69) is 15.9 Å². The average molecular weight is 269 g/mol. The van der Waals surface area contributed by atoms with Gasteiger partial charge in [0.25, 0.3) is 0 Å². The summed E-state index contributed by atoms with van der Waals surface area (Å²) in [6, 6.07) is 1.82. The first-order chi connectivity index (χ1) is 6.45. The molecule has 0 aliphatic carbocycles. The molecular weight excluding hydrogens is 265 g/mol. The summed E-state index contributed by atoms with van der Waals surface area (Å²) < 4.78 is 38.6. The van der Waals surface area contributed by atoms with Gasteiger partial charge in [-0.1, -0.05) is 0 Å². The Balaban J connectivity index is 3.32. The topological polar surface area (TPSA) is 37.3 Å². The smallest absolute Gasteiger partial charge is 0.343 e. The fourth-order valence-electron chi connectivity index (χ4n) is 0.899. The van der Waals surface area contributed by atoms with Crippen LogP contribution in [0.4, 0.5) is 13.2 Å². The quantitative estimate of drug-likeness (QED) is 0.838. The standard InChI is InChI=1S/C8H4BrF3O2/c9-3-1-2-4(10)5(6(3)11)7(12)8(13)14/h1-2,7H,(H,13,14). The Morgan fingerprint density at radius 1 is 1.43 bits per heavy atom. The highest BCUT2D eigenvalue weighted by atomic mass is 79.9. The first-order valence-electron chi connectivity index (χ1n) is 3.45. The zero-order chi connectivity index (χ0) is 10.9. The summed E-state index contributed by atoms with van der Waals surface area (Å²) in [6.45, 7) is 0. The molecule has 1 aromatic rings. The summed E-state index contributed by atoms with van der Waals surface area (Å²) in [4.78, 5) is 10.2. The van der Waals surface area contributed by atoms with Gasteiger partial charge in [-0.05, 0) is 28.1 Å². The van der Waals surface area contributed by atoms with Crippen LogP contribution >= 0.6 is 15.9 Å². The molecule has 0 aliphatic heterocycles. The van der Waals surface area contributed by atoms with Crippen LogP contribution in [0.5, 0.6) is 0 Å². The maximum Gasteiger partial charge on any atom is 0.343 e. The molecule has 0 saturated heterocycles. The van der Waals surface area contributed by atoms with Crippen molar-refractivity contribution in [2.45, 2.75) is 6.17 Å². The molecule has 2 nitrogen and oxygen atoms in total. The Bertz CT molecular complexity index is 381. The number of carbonyl (C=O) groups is 1. The van der Waals surface area contributed by atoms with Gasteiger partial charge in [-0.15, -0.1) is 0 Å². The van der Waals surface area contributed by atoms with Gasteiger partial charge < -0.3 is 5.11 Å². The summed E-state index contributed by atoms with van der Waals surface area (Å²) >= 11 is 2.70. The van der Waals surface area contributed by atoms with E-state index in [9.17, 15) is 18.0 Å². The van der Waals surface area contributed by atoms with E-state index in [0.29, 0.717) is 0 Å². The Labute approximate surface area is 85.5 Å². The Morgan fingerprint density at radius 3 is 2.50 bits per heavy atom. The van der Waals surface area contributed by atoms with Gasteiger partial charge in [0, 0.05) is 0 Å². The van der Waals surface area contributed by atoms with E-state index in [4.69, 9.17) is 5.11 Å². The second-order valence-corrected chi connectivity index (χ2v) is 3.31. The van der Waals surface area contributed by atoms with Crippen molar-refractivity contribution in [2.75, 3.05) is 0 Å². The number of benzene rings is 1. The Morgan fingerprint density at radius 2 is 2.00 bits per heavy atom. The molecular formula is C8H4BrF3O2. The van der Waals surface area contributed by atoms with E-state index < -0.39 is 29.3 Å². The highest BCUT2D eigenvalue weighted by molar-refractivity contribution is 9.10. The molecule has 1 N–H and O–H groups in total. The van der Waals surface area contributed by atoms with Gasteiger partial charge >= 0.3 is 5.97 Å². The van der Waals surface area contributed by atoms with Gasteiger partial charge in [0.1, 0.15) is 11.6 Å². The van der Waals surface area contributed by atoms with Crippen molar-refractivity contribution in [1.82, 2.24) is 0 Å². The number of hydrogen-bond acceptors (Lipinski definition) is 1. The van der Waals surface area contributed by atoms with Crippen LogP contribution in [0.3, 0.4) is 0 Å². The maximum atomic E-state index is 13.1. The molecule has 0 saturated carbocycles. The second kappa shape index (κ2) is 4.00. The van der Waals surface area contributed by atoms with Crippen LogP contribution in [-0.4, -0.2) is 11.1 Å². The molecule has 1 aromatic carbocycles. The van der Waals surface area contributed by atoms with Crippen molar-refractivity contribution in [3.05, 3.63) is 33.8 Å². The molecule has 76 valence electrons. The lowest BCUT2D eigenvalue weighted by Crippen LogP contribution is -2.10. The largest absolute Gasteiger partial charge is 0.479 e. The molecule has 1 atom stereocenters. The molecule has 1 rings (SSSR count). The monoisotopic (exact) mass is 268 g/mol. The minimum Gasteiger partial charge on any atom is -0.479 e. The zero-order valence-corrected chi connectivity index (χ0v) is 8.19. The number of aliphatic carboxylic acids is 1. The minimum absolute atomic E-state index is 0.183. The van der Waals surface area contributed by atoms with Crippen LogP contribution in [0.25, 0.3) is 0 Å². The molecule has 0 fully saturated rings. The van der Waals surface area contributed by atoms with Crippen molar-refractivity contribution in [1.29, 1.82) is 0 Å². The lowest BCUT2D eigenvalue weighted by molar-refractivity contribution is -0.143. The summed E-state index contributed by atoms with van der Waals surface area (Å²) in [5.74, 6) is -4.39. The summed E-state index contributed by atoms with van der Waals surface area (Å²) in [5.41, 5.74) is -1.09. The number of alkyl halides is 1. The average Bonchev–Trinajstić information content (AvgIpc) is 2.12. The molecule has 0 spiro atoms. The first-order valence-corrected chi connectivity index (χ1v) is 4.24. The maximum absolute atomic E-state index is 13.1. The molecule has 1 unspecified atom stereocenters. The third kappa shape index (κ3) is 1.89. The molecule has 0 bridgehead atoms. The SMILES string of the molecule is O=C(O)C(F)c1c(F)ccc(Br)c1F. The lowest BCUT2D eigenvalue weighted by atomic mass is 10.1. The van der Waals surface area contributed by atoms with Crippen molar-refractivity contribution in [3.63, 3.8) is 0 Å². The number of rotatable bonds is 2. The van der Waals surface area contributed by atoms with Gasteiger partial charge in [-0.2, -0.15) is 0 Å². The highest BCUT2D eigenvalue weighted by Gasteiger charge is 2.27. The Hall–Kier alpha value is -1.04. The normalized spacial score (nSPS) is 12.6. The van der Waals surface area contributed by atoms with Crippen molar-refractivity contribution < 1.29 is 23.1 Å². The summed E-state index contributed by atoms with van der Waals surface area (Å²) in [6.07, 6.45) is -2.70. The lowest BCUT2D eigenvalue weighted by Gasteiger charge is -2.07. The first kappa shape index (κ1) is 11.0. The second-order valence-electron chi connectivity index (χ2n) is 2.46. The molecule has 14 heavy (non-hydrogen) atoms. The van der Waals surface area contributed by atoms with Crippen LogP contribution in [0.1, 0.15) is 11.7 Å². The predicted molar refractivity (Wildman–Crippen MR) is 45.5 cm³/mol. The van der Waals surface area contributed by atoms with Crippen LogP contribution in [0.15, 0.2) is 16.6 Å². The fraction of sp³-hybridized carbons (Fsp3) is 0.125. The van der Waals surface area contributed by atoms with Gasteiger partial charge in [0.05, 0.1) is 10.0 Å². The molecule has 0 amide bonds. The van der Waals surface area contributed by atoms with Crippen LogP contribution in [0, 0.1) is 11.6 Å². The van der Waals surface area contributed by atoms with Crippen molar-refractivity contribution in [2.24, 2.45) is 0 Å². The molecule has 0 heterocycles. The van der Waals surface area contributed by atoms with E-state index in [0.717, 1.165) is 12.1 Å². The number of carboxylic acids is 1. The van der Waals surface area contributed by atoms with Crippen LogP contribution in [-0.2, 0) is 4.79 Å². The number of halogens is 4. The van der Waals surface area contributed by atoms with Gasteiger partial charge in [0.15, 0.2) is 0 Å². The molecule has 6 heteroatoms. The molecule has 0 radical (unpaired) electrons. The van der Waals surface area contributed by atoms with E-state index in [-0.39, 0.29) is 4.47 Å². The predicted octanol–water partition coefficient (Wildman–Crippen LogP) is 2.82. The van der Waals surface area contributed by atoms with Crippen LogP contribution in [0.2, 0.25) is 0 Å². The van der Waals surface area contributed by atoms with Gasteiger partial charge in [0.2, 0.25) is 6.17 Å². The van der Waals surface area contributed by atoms with E-state index in [1.165, 1.54) is 0 Å². The minimum atomic E-state index is -2.70. The zero-order valence-electron chi connectivity index (χ0n) is 6.60. The van der Waals surface area contributed by atoms with E-state index in [1.807, 2.05) is 0 Å². The highest BCUT2D eigenvalue weighted by Crippen LogP contribution is 2.28. The third-order valence-corrected chi connectivity index (χ3v) is 2.16. The van der Waals surface area contributed by atoms with E-state index >= 15 is 0 Å². The van der Waals surface area contributed by atoms with Crippen LogP contribution < -0.4 is 0 Å². The van der Waals surface area contributed by atoms with Crippen molar-refractivity contribution >= 4 is 21.9 Å². The fourth-order valence-corrected chi connectivity index (χ4v) is 1.24. The molecule has 0 aliphatic rings. The third-order valence-electron chi connectivity index (χ3n) is 1.55. The number of hydrogen-bond donors (Lipinski definition) is 1. The Kier molecular flexibility index (Phi) is 3.15.